The second-order valence-corrected chi connectivity index (χ2v) is 5.31. The Morgan fingerprint density at radius 3 is 2.95 bits per heavy atom. The Labute approximate surface area is 117 Å². The van der Waals surface area contributed by atoms with E-state index in [1.807, 2.05) is 6.92 Å². The Kier molecular flexibility index (Phi) is 3.87. The molecule has 6 nitrogen and oxygen atoms in total. The van der Waals surface area contributed by atoms with E-state index >= 15 is 0 Å². The quantitative estimate of drug-likeness (QED) is 0.840. The zero-order valence-corrected chi connectivity index (χ0v) is 11.8. The molecule has 20 heavy (non-hydrogen) atoms. The number of ether oxygens (including phenoxy) is 2. The van der Waals surface area contributed by atoms with Crippen LogP contribution in [-0.2, 0) is 28.0 Å². The number of aromatic amines is 1. The maximum absolute atomic E-state index is 12.3. The van der Waals surface area contributed by atoms with E-state index in [0.29, 0.717) is 32.2 Å². The molecule has 3 rings (SSSR count). The van der Waals surface area contributed by atoms with Gasteiger partial charge in [0.25, 0.3) is 5.56 Å². The fraction of sp³-hybridized carbons (Fsp3) is 0.714. The number of fused-ring (bicyclic) bond motifs is 1. The van der Waals surface area contributed by atoms with Crippen LogP contribution >= 0.6 is 0 Å². The van der Waals surface area contributed by atoms with Gasteiger partial charge in [-0.05, 0) is 6.92 Å². The van der Waals surface area contributed by atoms with Gasteiger partial charge in [0.15, 0.2) is 0 Å². The number of nitrogens with one attached hydrogen (secondary N) is 2. The van der Waals surface area contributed by atoms with Crippen molar-refractivity contribution in [2.75, 3.05) is 26.4 Å². The summed E-state index contributed by atoms with van der Waals surface area (Å²) in [6, 6.07) is 0. The van der Waals surface area contributed by atoms with E-state index in [1.165, 1.54) is 0 Å². The second-order valence-electron chi connectivity index (χ2n) is 5.31. The fourth-order valence-electron chi connectivity index (χ4n) is 3.00. The first kappa shape index (κ1) is 13.7. The maximum atomic E-state index is 12.3. The second kappa shape index (κ2) is 5.63. The van der Waals surface area contributed by atoms with Gasteiger partial charge in [-0.2, -0.15) is 0 Å². The molecule has 0 amide bonds. The van der Waals surface area contributed by atoms with Gasteiger partial charge in [-0.25, -0.2) is 4.98 Å². The minimum atomic E-state index is -0.494. The molecule has 2 N–H and O–H groups in total. The van der Waals surface area contributed by atoms with Crippen LogP contribution in [0.5, 0.6) is 0 Å². The summed E-state index contributed by atoms with van der Waals surface area (Å²) in [5.74, 6) is 0.674. The van der Waals surface area contributed by atoms with E-state index in [0.717, 1.165) is 37.1 Å². The molecule has 0 spiro atoms. The third kappa shape index (κ3) is 2.39. The van der Waals surface area contributed by atoms with Crippen LogP contribution in [0.2, 0.25) is 0 Å². The predicted molar refractivity (Wildman–Crippen MR) is 73.6 cm³/mol. The minimum absolute atomic E-state index is 0.0391. The van der Waals surface area contributed by atoms with Crippen LogP contribution in [0.25, 0.3) is 0 Å². The van der Waals surface area contributed by atoms with Crippen LogP contribution in [0.3, 0.4) is 0 Å². The molecule has 6 heteroatoms. The van der Waals surface area contributed by atoms with Crippen molar-refractivity contribution in [3.63, 3.8) is 0 Å². The molecule has 0 aliphatic carbocycles. The largest absolute Gasteiger partial charge is 0.381 e. The van der Waals surface area contributed by atoms with E-state index in [1.54, 1.807) is 0 Å². The van der Waals surface area contributed by atoms with Crippen LogP contribution < -0.4 is 10.9 Å². The molecule has 1 aromatic rings. The van der Waals surface area contributed by atoms with Gasteiger partial charge in [0.2, 0.25) is 0 Å². The average molecular weight is 279 g/mol. The van der Waals surface area contributed by atoms with Crippen molar-refractivity contribution in [3.8, 4) is 0 Å². The zero-order chi connectivity index (χ0) is 14.0. The standard InChI is InChI=1S/C14H21N3O3/c1-2-20-14(4-7-19-8-5-14)13-16-11-3-6-15-9-10(11)12(18)17-13/h15H,2-9H2,1H3,(H,16,17,18). The number of H-pyrrole nitrogens is 1. The maximum Gasteiger partial charge on any atom is 0.255 e. The lowest BCUT2D eigenvalue weighted by Gasteiger charge is -2.36. The number of nitrogens with zero attached hydrogens (tertiary/aromatic N) is 1. The molecule has 1 fully saturated rings. The molecule has 2 aliphatic rings. The van der Waals surface area contributed by atoms with Gasteiger partial charge in [-0.15, -0.1) is 0 Å². The molecule has 2 aliphatic heterocycles. The topological polar surface area (TPSA) is 76.2 Å². The Morgan fingerprint density at radius 2 is 2.20 bits per heavy atom. The highest BCUT2D eigenvalue weighted by Gasteiger charge is 2.38. The van der Waals surface area contributed by atoms with E-state index in [4.69, 9.17) is 14.5 Å². The lowest BCUT2D eigenvalue weighted by molar-refractivity contribution is -0.118. The van der Waals surface area contributed by atoms with Crippen molar-refractivity contribution in [1.29, 1.82) is 0 Å². The molecule has 0 radical (unpaired) electrons. The van der Waals surface area contributed by atoms with Crippen LogP contribution in [-0.4, -0.2) is 36.3 Å². The van der Waals surface area contributed by atoms with Gasteiger partial charge >= 0.3 is 0 Å². The molecule has 0 unspecified atom stereocenters. The first-order valence-corrected chi connectivity index (χ1v) is 7.30. The Bertz CT molecular complexity index is 529. The molecule has 1 aromatic heterocycles. The van der Waals surface area contributed by atoms with Crippen molar-refractivity contribution in [3.05, 3.63) is 27.4 Å². The summed E-state index contributed by atoms with van der Waals surface area (Å²) in [4.78, 5) is 19.9. The molecular formula is C14H21N3O3. The molecule has 0 atom stereocenters. The van der Waals surface area contributed by atoms with E-state index in [9.17, 15) is 4.79 Å². The highest BCUT2D eigenvalue weighted by atomic mass is 16.5. The smallest absolute Gasteiger partial charge is 0.255 e. The number of hydrogen-bond acceptors (Lipinski definition) is 5. The normalized spacial score (nSPS) is 21.4. The minimum Gasteiger partial charge on any atom is -0.381 e. The monoisotopic (exact) mass is 279 g/mol. The SMILES string of the molecule is CCOC1(c2nc3c(c(=O)[nH]2)CNCC3)CCOCC1. The predicted octanol–water partition coefficient (Wildman–Crippen LogP) is 0.458. The average Bonchev–Trinajstić information content (AvgIpc) is 2.48. The van der Waals surface area contributed by atoms with Crippen molar-refractivity contribution in [2.24, 2.45) is 0 Å². The number of hydrogen-bond donors (Lipinski definition) is 2. The number of aromatic nitrogens is 2. The molecule has 0 bridgehead atoms. The Hall–Kier alpha value is -1.24. The first-order chi connectivity index (χ1) is 9.75. The van der Waals surface area contributed by atoms with Crippen molar-refractivity contribution in [1.82, 2.24) is 15.3 Å². The molecule has 110 valence electrons. The third-order valence-electron chi connectivity index (χ3n) is 4.09. The van der Waals surface area contributed by atoms with Gasteiger partial charge in [-0.3, -0.25) is 4.79 Å². The van der Waals surface area contributed by atoms with Gasteiger partial charge in [-0.1, -0.05) is 0 Å². The van der Waals surface area contributed by atoms with Crippen LogP contribution in [0.1, 0.15) is 36.8 Å². The summed E-state index contributed by atoms with van der Waals surface area (Å²) < 4.78 is 11.4. The van der Waals surface area contributed by atoms with E-state index < -0.39 is 5.60 Å². The Morgan fingerprint density at radius 1 is 1.40 bits per heavy atom. The third-order valence-corrected chi connectivity index (χ3v) is 4.09. The van der Waals surface area contributed by atoms with Crippen molar-refractivity contribution < 1.29 is 9.47 Å². The van der Waals surface area contributed by atoms with Gasteiger partial charge < -0.3 is 19.8 Å². The summed E-state index contributed by atoms with van der Waals surface area (Å²) in [6.07, 6.45) is 2.27. The summed E-state index contributed by atoms with van der Waals surface area (Å²) in [5, 5.41) is 3.20. The summed E-state index contributed by atoms with van der Waals surface area (Å²) in [5.41, 5.74) is 1.14. The summed E-state index contributed by atoms with van der Waals surface area (Å²) in [6.45, 7) is 5.32. The van der Waals surface area contributed by atoms with Crippen LogP contribution in [0.4, 0.5) is 0 Å². The summed E-state index contributed by atoms with van der Waals surface area (Å²) in [7, 11) is 0. The lowest BCUT2D eigenvalue weighted by Crippen LogP contribution is -2.41. The van der Waals surface area contributed by atoms with Crippen LogP contribution in [0.15, 0.2) is 4.79 Å². The zero-order valence-electron chi connectivity index (χ0n) is 11.8. The molecular weight excluding hydrogens is 258 g/mol. The molecule has 3 heterocycles. The van der Waals surface area contributed by atoms with E-state index in [2.05, 4.69) is 10.3 Å². The van der Waals surface area contributed by atoms with Gasteiger partial charge in [0.1, 0.15) is 11.4 Å². The van der Waals surface area contributed by atoms with Crippen molar-refractivity contribution in [2.45, 2.75) is 38.3 Å². The highest BCUT2D eigenvalue weighted by Crippen LogP contribution is 2.33. The molecule has 0 saturated carbocycles. The molecule has 0 aromatic carbocycles. The highest BCUT2D eigenvalue weighted by molar-refractivity contribution is 5.22. The first-order valence-electron chi connectivity index (χ1n) is 7.30. The molecule has 1 saturated heterocycles. The van der Waals surface area contributed by atoms with Gasteiger partial charge in [0.05, 0.1) is 11.3 Å². The van der Waals surface area contributed by atoms with Crippen molar-refractivity contribution >= 4 is 0 Å². The van der Waals surface area contributed by atoms with Gasteiger partial charge in [0, 0.05) is 52.2 Å². The van der Waals surface area contributed by atoms with E-state index in [-0.39, 0.29) is 5.56 Å². The fourth-order valence-corrected chi connectivity index (χ4v) is 3.00. The lowest BCUT2D eigenvalue weighted by atomic mass is 9.92. The number of rotatable bonds is 3. The van der Waals surface area contributed by atoms with Crippen LogP contribution in [0, 0.1) is 0 Å². The summed E-state index contributed by atoms with van der Waals surface area (Å²) >= 11 is 0. The Balaban J connectivity index is 2.03.